The SMILES string of the molecule is CN(CCc1noc(-c2ccc(C(=O)NCc3ccccc3F)cc2)n1)C(=O)c1ccccc1F. The summed E-state index contributed by atoms with van der Waals surface area (Å²) in [5, 5.41) is 6.62. The quantitative estimate of drug-likeness (QED) is 0.411. The highest BCUT2D eigenvalue weighted by molar-refractivity contribution is 5.95. The number of nitrogens with zero attached hydrogens (tertiary/aromatic N) is 3. The molecule has 1 N–H and O–H groups in total. The molecule has 0 aliphatic rings. The van der Waals surface area contributed by atoms with Gasteiger partial charge in [0.25, 0.3) is 17.7 Å². The number of aromatic nitrogens is 2. The minimum atomic E-state index is -0.574. The molecule has 0 saturated carbocycles. The summed E-state index contributed by atoms with van der Waals surface area (Å²) in [5.41, 5.74) is 1.42. The summed E-state index contributed by atoms with van der Waals surface area (Å²) in [6.07, 6.45) is 0.316. The number of rotatable bonds is 8. The van der Waals surface area contributed by atoms with E-state index in [2.05, 4.69) is 15.5 Å². The van der Waals surface area contributed by atoms with Crippen LogP contribution in [0.5, 0.6) is 0 Å². The van der Waals surface area contributed by atoms with E-state index in [9.17, 15) is 18.4 Å². The number of nitrogens with one attached hydrogen (secondary N) is 1. The fourth-order valence-electron chi connectivity index (χ4n) is 3.37. The number of carbonyl (C=O) groups is 2. The van der Waals surface area contributed by atoms with Crippen LogP contribution >= 0.6 is 0 Å². The average Bonchev–Trinajstić information content (AvgIpc) is 3.36. The number of carbonyl (C=O) groups excluding carboxylic acids is 2. The number of likely N-dealkylation sites (N-methyl/N-ethyl adjacent to an activating group) is 1. The maximum absolute atomic E-state index is 13.8. The highest BCUT2D eigenvalue weighted by atomic mass is 19.1. The Kier molecular flexibility index (Phi) is 7.25. The molecule has 0 aliphatic carbocycles. The van der Waals surface area contributed by atoms with Crippen LogP contribution in [0.25, 0.3) is 11.5 Å². The predicted octanol–water partition coefficient (Wildman–Crippen LogP) is 4.26. The summed E-state index contributed by atoms with van der Waals surface area (Å²) in [5.74, 6) is -1.07. The molecule has 3 aromatic carbocycles. The van der Waals surface area contributed by atoms with Crippen LogP contribution in [0.4, 0.5) is 8.78 Å². The monoisotopic (exact) mass is 476 g/mol. The highest BCUT2D eigenvalue weighted by Crippen LogP contribution is 2.18. The molecule has 0 fully saturated rings. The van der Waals surface area contributed by atoms with Gasteiger partial charge in [-0.1, -0.05) is 35.5 Å². The minimum Gasteiger partial charge on any atom is -0.348 e. The fourth-order valence-corrected chi connectivity index (χ4v) is 3.37. The maximum Gasteiger partial charge on any atom is 0.257 e. The zero-order valence-electron chi connectivity index (χ0n) is 18.9. The van der Waals surface area contributed by atoms with E-state index in [1.165, 1.54) is 29.2 Å². The first-order valence-corrected chi connectivity index (χ1v) is 10.9. The summed E-state index contributed by atoms with van der Waals surface area (Å²) >= 11 is 0. The van der Waals surface area contributed by atoms with E-state index in [1.807, 2.05) is 0 Å². The first kappa shape index (κ1) is 23.7. The molecule has 7 nitrogen and oxygen atoms in total. The molecule has 0 spiro atoms. The van der Waals surface area contributed by atoms with E-state index in [0.29, 0.717) is 28.9 Å². The third-order valence-electron chi connectivity index (χ3n) is 5.38. The predicted molar refractivity (Wildman–Crippen MR) is 124 cm³/mol. The normalized spacial score (nSPS) is 10.7. The van der Waals surface area contributed by atoms with Crippen molar-refractivity contribution in [1.82, 2.24) is 20.4 Å². The van der Waals surface area contributed by atoms with Crippen molar-refractivity contribution in [3.05, 3.63) is 107 Å². The first-order valence-electron chi connectivity index (χ1n) is 10.9. The van der Waals surface area contributed by atoms with Crippen molar-refractivity contribution in [3.63, 3.8) is 0 Å². The van der Waals surface area contributed by atoms with Crippen LogP contribution in [0.2, 0.25) is 0 Å². The molecular formula is C26H22F2N4O3. The van der Waals surface area contributed by atoms with E-state index in [4.69, 9.17) is 4.52 Å². The van der Waals surface area contributed by atoms with Crippen LogP contribution in [0.1, 0.15) is 32.1 Å². The zero-order chi connectivity index (χ0) is 24.8. The van der Waals surface area contributed by atoms with Gasteiger partial charge in [0.2, 0.25) is 0 Å². The molecule has 4 rings (SSSR count). The molecule has 0 bridgehead atoms. The number of benzene rings is 3. The Morgan fingerprint density at radius 1 is 0.943 bits per heavy atom. The van der Waals surface area contributed by atoms with Crippen molar-refractivity contribution in [2.45, 2.75) is 13.0 Å². The highest BCUT2D eigenvalue weighted by Gasteiger charge is 2.17. The Bertz CT molecular complexity index is 1340. The standard InChI is InChI=1S/C26H22F2N4O3/c1-32(26(34)20-7-3-5-9-22(20)28)15-14-23-30-25(35-31-23)18-12-10-17(11-13-18)24(33)29-16-19-6-2-4-8-21(19)27/h2-13H,14-16H2,1H3,(H,29,33). The molecule has 1 heterocycles. The second kappa shape index (κ2) is 10.7. The third kappa shape index (κ3) is 5.75. The van der Waals surface area contributed by atoms with Gasteiger partial charge < -0.3 is 14.7 Å². The maximum atomic E-state index is 13.8. The molecule has 2 amide bonds. The summed E-state index contributed by atoms with van der Waals surface area (Å²) < 4.78 is 32.9. The number of halogens is 2. The first-order chi connectivity index (χ1) is 16.9. The Morgan fingerprint density at radius 2 is 1.63 bits per heavy atom. The van der Waals surface area contributed by atoms with Crippen molar-refractivity contribution in [3.8, 4) is 11.5 Å². The molecule has 4 aromatic rings. The van der Waals surface area contributed by atoms with Gasteiger partial charge in [0.15, 0.2) is 5.82 Å². The van der Waals surface area contributed by atoms with Gasteiger partial charge in [-0.3, -0.25) is 9.59 Å². The largest absolute Gasteiger partial charge is 0.348 e. The van der Waals surface area contributed by atoms with E-state index >= 15 is 0 Å². The summed E-state index contributed by atoms with van der Waals surface area (Å²) in [4.78, 5) is 30.5. The molecule has 1 aromatic heterocycles. The second-order valence-electron chi connectivity index (χ2n) is 7.82. The van der Waals surface area contributed by atoms with Crippen LogP contribution in [0.15, 0.2) is 77.3 Å². The average molecular weight is 476 g/mol. The molecule has 0 atom stereocenters. The third-order valence-corrected chi connectivity index (χ3v) is 5.38. The molecule has 9 heteroatoms. The van der Waals surface area contributed by atoms with E-state index in [0.717, 1.165) is 0 Å². The van der Waals surface area contributed by atoms with E-state index in [1.54, 1.807) is 55.6 Å². The fraction of sp³-hybridized carbons (Fsp3) is 0.154. The van der Waals surface area contributed by atoms with E-state index in [-0.39, 0.29) is 36.3 Å². The van der Waals surface area contributed by atoms with Gasteiger partial charge in [-0.25, -0.2) is 8.78 Å². The lowest BCUT2D eigenvalue weighted by molar-refractivity contribution is 0.0790. The van der Waals surface area contributed by atoms with Gasteiger partial charge in [-0.2, -0.15) is 4.98 Å². The molecule has 35 heavy (non-hydrogen) atoms. The number of amides is 2. The number of hydrogen-bond acceptors (Lipinski definition) is 5. The van der Waals surface area contributed by atoms with E-state index < -0.39 is 11.7 Å². The zero-order valence-corrected chi connectivity index (χ0v) is 18.9. The van der Waals surface area contributed by atoms with Crippen LogP contribution in [-0.2, 0) is 13.0 Å². The molecule has 0 unspecified atom stereocenters. The van der Waals surface area contributed by atoms with Gasteiger partial charge in [-0.15, -0.1) is 0 Å². The Morgan fingerprint density at radius 3 is 2.34 bits per heavy atom. The van der Waals surface area contributed by atoms with Crippen molar-refractivity contribution in [1.29, 1.82) is 0 Å². The molecule has 178 valence electrons. The van der Waals surface area contributed by atoms with Crippen LogP contribution < -0.4 is 5.32 Å². The van der Waals surface area contributed by atoms with Gasteiger partial charge in [0.05, 0.1) is 5.56 Å². The Balaban J connectivity index is 1.33. The minimum absolute atomic E-state index is 0.00170. The summed E-state index contributed by atoms with van der Waals surface area (Å²) in [7, 11) is 1.58. The molecule has 0 aliphatic heterocycles. The summed E-state index contributed by atoms with van der Waals surface area (Å²) in [6.45, 7) is 0.349. The van der Waals surface area contributed by atoms with Crippen molar-refractivity contribution in [2.24, 2.45) is 0 Å². The Hall–Kier alpha value is -4.40. The van der Waals surface area contributed by atoms with Crippen LogP contribution in [-0.4, -0.2) is 40.4 Å². The Labute approximate surface area is 200 Å². The van der Waals surface area contributed by atoms with Crippen molar-refractivity contribution >= 4 is 11.8 Å². The number of hydrogen-bond donors (Lipinski definition) is 1. The van der Waals surface area contributed by atoms with Crippen LogP contribution in [0.3, 0.4) is 0 Å². The van der Waals surface area contributed by atoms with Gasteiger partial charge in [-0.05, 0) is 42.5 Å². The molecular weight excluding hydrogens is 454 g/mol. The van der Waals surface area contributed by atoms with Crippen molar-refractivity contribution in [2.75, 3.05) is 13.6 Å². The van der Waals surface area contributed by atoms with Gasteiger partial charge in [0.1, 0.15) is 11.6 Å². The van der Waals surface area contributed by atoms with Crippen LogP contribution in [0, 0.1) is 11.6 Å². The lowest BCUT2D eigenvalue weighted by atomic mass is 10.1. The topological polar surface area (TPSA) is 88.3 Å². The second-order valence-corrected chi connectivity index (χ2v) is 7.82. The van der Waals surface area contributed by atoms with Crippen molar-refractivity contribution < 1.29 is 22.9 Å². The smallest absolute Gasteiger partial charge is 0.257 e. The van der Waals surface area contributed by atoms with Gasteiger partial charge in [0, 0.05) is 43.2 Å². The lowest BCUT2D eigenvalue weighted by Gasteiger charge is -2.16. The molecule has 0 radical (unpaired) electrons. The van der Waals surface area contributed by atoms with Gasteiger partial charge >= 0.3 is 0 Å². The molecule has 0 saturated heterocycles. The lowest BCUT2D eigenvalue weighted by Crippen LogP contribution is -2.29. The summed E-state index contributed by atoms with van der Waals surface area (Å²) in [6, 6.07) is 18.6.